The van der Waals surface area contributed by atoms with Crippen LogP contribution in [0.5, 0.6) is 5.75 Å². The lowest BCUT2D eigenvalue weighted by Gasteiger charge is -2.21. The van der Waals surface area contributed by atoms with Crippen molar-refractivity contribution in [2.24, 2.45) is 5.73 Å². The molecule has 2 aromatic rings. The summed E-state index contributed by atoms with van der Waals surface area (Å²) in [6.07, 6.45) is 0.337. The van der Waals surface area contributed by atoms with E-state index in [4.69, 9.17) is 20.7 Å². The third kappa shape index (κ3) is 4.94. The molecule has 0 heterocycles. The normalized spacial score (nSPS) is 13.7. The van der Waals surface area contributed by atoms with Gasteiger partial charge < -0.3 is 20.7 Å². The predicted molar refractivity (Wildman–Crippen MR) is 97.9 cm³/mol. The monoisotopic (exact) mass is 355 g/mol. The minimum absolute atomic E-state index is 0.361. The molecule has 2 atom stereocenters. The van der Waals surface area contributed by atoms with Gasteiger partial charge in [0.15, 0.2) is 0 Å². The average molecular weight is 355 g/mol. The highest BCUT2D eigenvalue weighted by molar-refractivity contribution is 5.79. The minimum Gasteiger partial charge on any atom is -0.488 e. The second-order valence-corrected chi connectivity index (χ2v) is 5.71. The van der Waals surface area contributed by atoms with Crippen LogP contribution in [-0.4, -0.2) is 34.3 Å². The van der Waals surface area contributed by atoms with Crippen molar-refractivity contribution in [2.75, 3.05) is 0 Å². The van der Waals surface area contributed by atoms with Gasteiger partial charge in [0, 0.05) is 0 Å². The van der Waals surface area contributed by atoms with Gasteiger partial charge in [-0.15, -0.1) is 0 Å². The number of carboxylic acids is 2. The lowest BCUT2D eigenvalue weighted by atomic mass is 9.98. The number of carbonyl (C=O) groups is 2. The molecular weight excluding hydrogens is 334 g/mol. The summed E-state index contributed by atoms with van der Waals surface area (Å²) in [7, 11) is 0. The van der Waals surface area contributed by atoms with Crippen LogP contribution in [0.1, 0.15) is 24.5 Å². The standard InChI is InChI=1S/C20H21NO5/c1-2-16(13-6-4-3-5-7-13)14-8-10-15(11-9-14)26-17(12-18(22)23)19(21)20(24)25/h2-11,17,19H,12,21H2,1H3,(H,22,23)(H,24,25)/b16-2-. The molecule has 0 saturated carbocycles. The van der Waals surface area contributed by atoms with Gasteiger partial charge in [-0.25, -0.2) is 0 Å². The van der Waals surface area contributed by atoms with E-state index in [9.17, 15) is 9.59 Å². The van der Waals surface area contributed by atoms with Crippen LogP contribution in [-0.2, 0) is 9.59 Å². The first kappa shape index (κ1) is 19.2. The van der Waals surface area contributed by atoms with Crippen LogP contribution in [0.25, 0.3) is 5.57 Å². The average Bonchev–Trinajstić information content (AvgIpc) is 2.63. The summed E-state index contributed by atoms with van der Waals surface area (Å²) in [6, 6.07) is 15.5. The summed E-state index contributed by atoms with van der Waals surface area (Å²) in [4.78, 5) is 22.0. The quantitative estimate of drug-likeness (QED) is 0.672. The molecule has 0 aliphatic carbocycles. The van der Waals surface area contributed by atoms with Crippen molar-refractivity contribution >= 4 is 17.5 Å². The maximum atomic E-state index is 11.0. The van der Waals surface area contributed by atoms with E-state index in [1.165, 1.54) is 0 Å². The Morgan fingerprint density at radius 3 is 2.12 bits per heavy atom. The molecule has 26 heavy (non-hydrogen) atoms. The molecule has 0 fully saturated rings. The molecule has 0 radical (unpaired) electrons. The Labute approximate surface area is 151 Å². The largest absolute Gasteiger partial charge is 0.488 e. The maximum Gasteiger partial charge on any atom is 0.324 e. The first-order valence-electron chi connectivity index (χ1n) is 8.11. The number of carboxylic acid groups (broad SMARTS) is 2. The Hall–Kier alpha value is -3.12. The van der Waals surface area contributed by atoms with Crippen molar-refractivity contribution in [3.63, 3.8) is 0 Å². The third-order valence-corrected chi connectivity index (χ3v) is 3.89. The number of allylic oxidation sites excluding steroid dienone is 1. The Bertz CT molecular complexity index is 784. The molecule has 0 saturated heterocycles. The fourth-order valence-electron chi connectivity index (χ4n) is 2.58. The molecule has 6 heteroatoms. The fraction of sp³-hybridized carbons (Fsp3) is 0.200. The van der Waals surface area contributed by atoms with Crippen molar-refractivity contribution in [3.8, 4) is 5.75 Å². The van der Waals surface area contributed by atoms with Crippen LogP contribution >= 0.6 is 0 Å². The highest BCUT2D eigenvalue weighted by atomic mass is 16.5. The van der Waals surface area contributed by atoms with Crippen LogP contribution in [0.2, 0.25) is 0 Å². The van der Waals surface area contributed by atoms with Crippen molar-refractivity contribution in [1.29, 1.82) is 0 Å². The summed E-state index contributed by atoms with van der Waals surface area (Å²) in [5, 5.41) is 17.9. The number of benzene rings is 2. The maximum absolute atomic E-state index is 11.0. The first-order valence-corrected chi connectivity index (χ1v) is 8.11. The van der Waals surface area contributed by atoms with Crippen LogP contribution in [0.4, 0.5) is 0 Å². The van der Waals surface area contributed by atoms with Gasteiger partial charge >= 0.3 is 11.9 Å². The topological polar surface area (TPSA) is 110 Å². The molecule has 0 spiro atoms. The summed E-state index contributed by atoms with van der Waals surface area (Å²) in [6.45, 7) is 1.95. The Morgan fingerprint density at radius 1 is 1.04 bits per heavy atom. The molecule has 4 N–H and O–H groups in total. The van der Waals surface area contributed by atoms with Gasteiger partial charge in [0.25, 0.3) is 0 Å². The predicted octanol–water partition coefficient (Wildman–Crippen LogP) is 2.77. The van der Waals surface area contributed by atoms with Gasteiger partial charge in [-0.1, -0.05) is 48.5 Å². The molecule has 6 nitrogen and oxygen atoms in total. The zero-order chi connectivity index (χ0) is 19.1. The van der Waals surface area contributed by atoms with Gasteiger partial charge in [-0.05, 0) is 35.8 Å². The molecule has 0 aliphatic heterocycles. The van der Waals surface area contributed by atoms with Crippen LogP contribution < -0.4 is 10.5 Å². The van der Waals surface area contributed by atoms with Gasteiger partial charge in [-0.2, -0.15) is 0 Å². The Kier molecular flexibility index (Phi) is 6.52. The van der Waals surface area contributed by atoms with Crippen molar-refractivity contribution < 1.29 is 24.5 Å². The molecular formula is C20H21NO5. The van der Waals surface area contributed by atoms with E-state index in [-0.39, 0.29) is 0 Å². The van der Waals surface area contributed by atoms with Crippen LogP contribution in [0.15, 0.2) is 60.7 Å². The number of hydrogen-bond acceptors (Lipinski definition) is 4. The minimum atomic E-state index is -1.43. The van der Waals surface area contributed by atoms with Crippen LogP contribution in [0.3, 0.4) is 0 Å². The van der Waals surface area contributed by atoms with E-state index in [2.05, 4.69) is 0 Å². The molecule has 0 aliphatic rings. The van der Waals surface area contributed by atoms with Crippen molar-refractivity contribution in [1.82, 2.24) is 0 Å². The molecule has 0 aromatic heterocycles. The van der Waals surface area contributed by atoms with E-state index in [0.717, 1.165) is 16.7 Å². The lowest BCUT2D eigenvalue weighted by molar-refractivity contribution is -0.143. The molecule has 2 unspecified atom stereocenters. The van der Waals surface area contributed by atoms with Crippen molar-refractivity contribution in [3.05, 3.63) is 71.8 Å². The highest BCUT2D eigenvalue weighted by Crippen LogP contribution is 2.25. The fourth-order valence-corrected chi connectivity index (χ4v) is 2.58. The van der Waals surface area contributed by atoms with E-state index in [1.54, 1.807) is 12.1 Å². The van der Waals surface area contributed by atoms with Crippen LogP contribution in [0, 0.1) is 0 Å². The number of rotatable bonds is 8. The summed E-state index contributed by atoms with van der Waals surface area (Å²) >= 11 is 0. The van der Waals surface area contributed by atoms with Gasteiger partial charge in [0.05, 0.1) is 6.42 Å². The first-order chi connectivity index (χ1) is 12.4. The second kappa shape index (κ2) is 8.82. The highest BCUT2D eigenvalue weighted by Gasteiger charge is 2.28. The number of nitrogens with two attached hydrogens (primary N) is 1. The molecule has 2 aromatic carbocycles. The Morgan fingerprint density at radius 2 is 1.62 bits per heavy atom. The SMILES string of the molecule is C/C=C(/c1ccccc1)c1ccc(OC(CC(=O)O)C(N)C(=O)O)cc1. The summed E-state index contributed by atoms with van der Waals surface area (Å²) in [5.74, 6) is -2.13. The zero-order valence-corrected chi connectivity index (χ0v) is 14.3. The van der Waals surface area contributed by atoms with Gasteiger partial charge in [0.1, 0.15) is 17.9 Å². The molecule has 2 rings (SSSR count). The van der Waals surface area contributed by atoms with E-state index in [1.807, 2.05) is 55.5 Å². The van der Waals surface area contributed by atoms with Gasteiger partial charge in [-0.3, -0.25) is 9.59 Å². The van der Waals surface area contributed by atoms with E-state index >= 15 is 0 Å². The van der Waals surface area contributed by atoms with Crippen molar-refractivity contribution in [2.45, 2.75) is 25.5 Å². The van der Waals surface area contributed by atoms with E-state index in [0.29, 0.717) is 5.75 Å². The summed E-state index contributed by atoms with van der Waals surface area (Å²) < 4.78 is 5.52. The number of hydrogen-bond donors (Lipinski definition) is 3. The lowest BCUT2D eigenvalue weighted by Crippen LogP contribution is -2.46. The second-order valence-electron chi connectivity index (χ2n) is 5.71. The smallest absolute Gasteiger partial charge is 0.324 e. The molecule has 0 amide bonds. The number of aliphatic carboxylic acids is 2. The summed E-state index contributed by atoms with van der Waals surface area (Å²) in [5.41, 5.74) is 8.61. The Balaban J connectivity index is 2.19. The molecule has 136 valence electrons. The van der Waals surface area contributed by atoms with E-state index < -0.39 is 30.5 Å². The number of ether oxygens (including phenoxy) is 1. The molecule has 0 bridgehead atoms. The zero-order valence-electron chi connectivity index (χ0n) is 14.3. The third-order valence-electron chi connectivity index (χ3n) is 3.89. The van der Waals surface area contributed by atoms with Gasteiger partial charge in [0.2, 0.25) is 0 Å².